The van der Waals surface area contributed by atoms with Gasteiger partial charge in [0.2, 0.25) is 0 Å². The first-order chi connectivity index (χ1) is 8.16. The Balaban J connectivity index is 1.96. The molecule has 92 valence electrons. The molecule has 0 radical (unpaired) electrons. The van der Waals surface area contributed by atoms with Crippen molar-refractivity contribution in [3.05, 3.63) is 21.9 Å². The van der Waals surface area contributed by atoms with Crippen LogP contribution in [-0.2, 0) is 0 Å². The lowest BCUT2D eigenvalue weighted by molar-refractivity contribution is 0.0754. The van der Waals surface area contributed by atoms with Crippen LogP contribution in [0.25, 0.3) is 0 Å². The number of rotatable bonds is 3. The van der Waals surface area contributed by atoms with Gasteiger partial charge < -0.3 is 0 Å². The van der Waals surface area contributed by atoms with Crippen molar-refractivity contribution in [3.8, 4) is 0 Å². The number of hydrogen-bond donors (Lipinski definition) is 1. The maximum Gasteiger partial charge on any atom is 0.275 e. The predicted molar refractivity (Wildman–Crippen MR) is 67.2 cm³/mol. The first kappa shape index (κ1) is 12.3. The molecule has 17 heavy (non-hydrogen) atoms. The van der Waals surface area contributed by atoms with E-state index in [1.807, 2.05) is 5.01 Å². The fourth-order valence-electron chi connectivity index (χ4n) is 1.85. The van der Waals surface area contributed by atoms with Gasteiger partial charge in [0.25, 0.3) is 5.91 Å². The Morgan fingerprint density at radius 2 is 1.82 bits per heavy atom. The Bertz CT molecular complexity index is 422. The molecule has 0 bridgehead atoms. The smallest absolute Gasteiger partial charge is 0.275 e. The van der Waals surface area contributed by atoms with E-state index in [2.05, 4.69) is 5.43 Å². The number of hydrogen-bond acceptors (Lipinski definition) is 4. The molecule has 1 aromatic heterocycles. The van der Waals surface area contributed by atoms with Gasteiger partial charge >= 0.3 is 0 Å². The summed E-state index contributed by atoms with van der Waals surface area (Å²) in [5, 5.41) is 1.96. The van der Waals surface area contributed by atoms with Crippen LogP contribution in [0.3, 0.4) is 0 Å². The largest absolute Gasteiger partial charge is 0.294 e. The van der Waals surface area contributed by atoms with Crippen molar-refractivity contribution in [2.75, 3.05) is 13.1 Å². The maximum absolute atomic E-state index is 11.9. The second-order valence-corrected chi connectivity index (χ2v) is 5.29. The van der Waals surface area contributed by atoms with Crippen molar-refractivity contribution in [2.24, 2.45) is 0 Å². The van der Waals surface area contributed by atoms with E-state index in [-0.39, 0.29) is 11.7 Å². The second kappa shape index (κ2) is 5.42. The molecule has 1 N–H and O–H groups in total. The summed E-state index contributed by atoms with van der Waals surface area (Å²) in [5.74, 6) is -0.101. The van der Waals surface area contributed by atoms with Gasteiger partial charge in [0.15, 0.2) is 5.78 Å². The van der Waals surface area contributed by atoms with Crippen LogP contribution in [0.5, 0.6) is 0 Å². The highest BCUT2D eigenvalue weighted by Gasteiger charge is 2.16. The zero-order valence-corrected chi connectivity index (χ0v) is 10.7. The standard InChI is InChI=1S/C12H16N2O2S/c1-9(15)10-5-6-11(17-10)12(16)13-14-7-3-2-4-8-14/h5-6H,2-4,7-8H2,1H3,(H,13,16). The summed E-state index contributed by atoms with van der Waals surface area (Å²) in [6.07, 6.45) is 3.49. The van der Waals surface area contributed by atoms with E-state index in [4.69, 9.17) is 0 Å². The number of carbonyl (C=O) groups excluding carboxylic acids is 2. The number of nitrogens with zero attached hydrogens (tertiary/aromatic N) is 1. The van der Waals surface area contributed by atoms with E-state index in [0.29, 0.717) is 9.75 Å². The highest BCUT2D eigenvalue weighted by atomic mass is 32.1. The maximum atomic E-state index is 11.9. The van der Waals surface area contributed by atoms with Gasteiger partial charge in [0.05, 0.1) is 9.75 Å². The lowest BCUT2D eigenvalue weighted by Gasteiger charge is -2.26. The first-order valence-electron chi connectivity index (χ1n) is 5.83. The summed E-state index contributed by atoms with van der Waals surface area (Å²) < 4.78 is 0. The Labute approximate surface area is 105 Å². The molecular formula is C12H16N2O2S. The highest BCUT2D eigenvalue weighted by Crippen LogP contribution is 2.17. The van der Waals surface area contributed by atoms with Crippen LogP contribution in [0.1, 0.15) is 45.5 Å². The van der Waals surface area contributed by atoms with E-state index in [1.165, 1.54) is 24.7 Å². The summed E-state index contributed by atoms with van der Waals surface area (Å²) in [4.78, 5) is 24.3. The van der Waals surface area contributed by atoms with Crippen molar-refractivity contribution < 1.29 is 9.59 Å². The molecule has 5 heteroatoms. The van der Waals surface area contributed by atoms with Crippen LogP contribution in [0.2, 0.25) is 0 Å². The number of nitrogens with one attached hydrogen (secondary N) is 1. The van der Waals surface area contributed by atoms with Gasteiger partial charge in [0.1, 0.15) is 0 Å². The molecule has 0 aliphatic carbocycles. The van der Waals surface area contributed by atoms with E-state index in [1.54, 1.807) is 12.1 Å². The van der Waals surface area contributed by atoms with Gasteiger partial charge in [0, 0.05) is 13.1 Å². The number of amides is 1. The average Bonchev–Trinajstić information content (AvgIpc) is 2.79. The Kier molecular flexibility index (Phi) is 3.91. The average molecular weight is 252 g/mol. The molecule has 2 rings (SSSR count). The summed E-state index contributed by atoms with van der Waals surface area (Å²) in [6.45, 7) is 3.34. The summed E-state index contributed by atoms with van der Waals surface area (Å²) in [5.41, 5.74) is 2.88. The minimum atomic E-state index is -0.107. The Morgan fingerprint density at radius 3 is 2.41 bits per heavy atom. The van der Waals surface area contributed by atoms with E-state index in [9.17, 15) is 9.59 Å². The zero-order valence-electron chi connectivity index (χ0n) is 9.86. The highest BCUT2D eigenvalue weighted by molar-refractivity contribution is 7.15. The molecule has 0 unspecified atom stereocenters. The van der Waals surface area contributed by atoms with Gasteiger partial charge in [-0.1, -0.05) is 6.42 Å². The minimum absolute atomic E-state index is 0.00650. The van der Waals surface area contributed by atoms with Crippen molar-refractivity contribution in [1.29, 1.82) is 0 Å². The number of piperidine rings is 1. The second-order valence-electron chi connectivity index (χ2n) is 4.21. The zero-order chi connectivity index (χ0) is 12.3. The molecule has 0 spiro atoms. The van der Waals surface area contributed by atoms with Gasteiger partial charge in [-0.25, -0.2) is 5.01 Å². The molecule has 1 aromatic rings. The molecular weight excluding hydrogens is 236 g/mol. The fraction of sp³-hybridized carbons (Fsp3) is 0.500. The molecule has 1 saturated heterocycles. The Hall–Kier alpha value is -1.20. The topological polar surface area (TPSA) is 49.4 Å². The SMILES string of the molecule is CC(=O)c1ccc(C(=O)NN2CCCCC2)s1. The van der Waals surface area contributed by atoms with Crippen LogP contribution >= 0.6 is 11.3 Å². The molecule has 1 fully saturated rings. The molecule has 0 aromatic carbocycles. The summed E-state index contributed by atoms with van der Waals surface area (Å²) in [6, 6.07) is 3.42. The van der Waals surface area contributed by atoms with Crippen LogP contribution in [0.4, 0.5) is 0 Å². The molecule has 1 aliphatic heterocycles. The lowest BCUT2D eigenvalue weighted by atomic mass is 10.2. The van der Waals surface area contributed by atoms with E-state index < -0.39 is 0 Å². The van der Waals surface area contributed by atoms with Crippen LogP contribution in [0, 0.1) is 0 Å². The monoisotopic (exact) mass is 252 g/mol. The molecule has 0 saturated carbocycles. The number of carbonyl (C=O) groups is 2. The predicted octanol–water partition coefficient (Wildman–Crippen LogP) is 2.08. The summed E-state index contributed by atoms with van der Waals surface area (Å²) >= 11 is 1.25. The van der Waals surface area contributed by atoms with E-state index in [0.717, 1.165) is 25.9 Å². The quantitative estimate of drug-likeness (QED) is 0.838. The third-order valence-corrected chi connectivity index (χ3v) is 3.98. The van der Waals surface area contributed by atoms with Crippen molar-refractivity contribution in [2.45, 2.75) is 26.2 Å². The van der Waals surface area contributed by atoms with Gasteiger partial charge in [-0.2, -0.15) is 0 Å². The number of hydrazine groups is 1. The van der Waals surface area contributed by atoms with Crippen molar-refractivity contribution in [1.82, 2.24) is 10.4 Å². The van der Waals surface area contributed by atoms with E-state index >= 15 is 0 Å². The molecule has 1 amide bonds. The third-order valence-electron chi connectivity index (χ3n) is 2.79. The van der Waals surface area contributed by atoms with Gasteiger partial charge in [-0.15, -0.1) is 11.3 Å². The van der Waals surface area contributed by atoms with Crippen LogP contribution in [0.15, 0.2) is 12.1 Å². The van der Waals surface area contributed by atoms with Crippen molar-refractivity contribution >= 4 is 23.0 Å². The van der Waals surface area contributed by atoms with Gasteiger partial charge in [-0.05, 0) is 31.9 Å². The summed E-state index contributed by atoms with van der Waals surface area (Å²) in [7, 11) is 0. The number of ketones is 1. The first-order valence-corrected chi connectivity index (χ1v) is 6.65. The minimum Gasteiger partial charge on any atom is -0.294 e. The molecule has 4 nitrogen and oxygen atoms in total. The number of Topliss-reactive ketones (excluding diaryl/α,β-unsaturated/α-hetero) is 1. The normalized spacial score (nSPS) is 16.8. The molecule has 2 heterocycles. The van der Waals surface area contributed by atoms with Crippen molar-refractivity contribution in [3.63, 3.8) is 0 Å². The van der Waals surface area contributed by atoms with Gasteiger partial charge in [-0.3, -0.25) is 15.0 Å². The molecule has 1 aliphatic rings. The lowest BCUT2D eigenvalue weighted by Crippen LogP contribution is -2.44. The van der Waals surface area contributed by atoms with Crippen LogP contribution in [-0.4, -0.2) is 29.8 Å². The number of thiophene rings is 1. The fourth-order valence-corrected chi connectivity index (χ4v) is 2.64. The Morgan fingerprint density at radius 1 is 1.18 bits per heavy atom. The molecule has 0 atom stereocenters. The van der Waals surface area contributed by atoms with Crippen LogP contribution < -0.4 is 5.43 Å². The third kappa shape index (κ3) is 3.14.